The molecule has 0 atom stereocenters. The molecule has 0 amide bonds. The lowest BCUT2D eigenvalue weighted by molar-refractivity contribution is 0.352. The van der Waals surface area contributed by atoms with Crippen LogP contribution in [-0.4, -0.2) is 15.6 Å². The van der Waals surface area contributed by atoms with Crippen molar-refractivity contribution in [3.63, 3.8) is 0 Å². The third-order valence-corrected chi connectivity index (χ3v) is 4.48. The molecule has 0 bridgehead atoms. The standard InChI is InChI=1S/C16H17N3/c1-19-15-3-2-10(11-6-12(17)7-11)8-13(15)14-9-18-5-4-16(14)19/h2-5,8-9,11-12H,6-7,17H2,1H3. The van der Waals surface area contributed by atoms with Gasteiger partial charge in [-0.05, 0) is 42.5 Å². The summed E-state index contributed by atoms with van der Waals surface area (Å²) in [5, 5.41) is 2.55. The molecule has 4 rings (SSSR count). The van der Waals surface area contributed by atoms with Crippen molar-refractivity contribution in [2.75, 3.05) is 0 Å². The maximum atomic E-state index is 5.90. The van der Waals surface area contributed by atoms with Crippen molar-refractivity contribution >= 4 is 21.8 Å². The molecular weight excluding hydrogens is 234 g/mol. The Hall–Kier alpha value is -1.87. The Balaban J connectivity index is 1.95. The van der Waals surface area contributed by atoms with Crippen LogP contribution in [0.3, 0.4) is 0 Å². The Morgan fingerprint density at radius 1 is 1.16 bits per heavy atom. The van der Waals surface area contributed by atoms with Gasteiger partial charge in [-0.25, -0.2) is 0 Å². The van der Waals surface area contributed by atoms with Gasteiger partial charge in [0.25, 0.3) is 0 Å². The number of nitrogens with two attached hydrogens (primary N) is 1. The summed E-state index contributed by atoms with van der Waals surface area (Å²) in [6.45, 7) is 0. The molecule has 3 nitrogen and oxygen atoms in total. The molecule has 2 aromatic heterocycles. The molecule has 0 saturated heterocycles. The van der Waals surface area contributed by atoms with Crippen LogP contribution in [0.25, 0.3) is 21.8 Å². The van der Waals surface area contributed by atoms with Crippen molar-refractivity contribution in [3.05, 3.63) is 42.2 Å². The van der Waals surface area contributed by atoms with Gasteiger partial charge in [-0.2, -0.15) is 0 Å². The van der Waals surface area contributed by atoms with Crippen LogP contribution in [0.2, 0.25) is 0 Å². The molecule has 19 heavy (non-hydrogen) atoms. The zero-order valence-corrected chi connectivity index (χ0v) is 11.0. The highest BCUT2D eigenvalue weighted by molar-refractivity contribution is 6.07. The molecule has 2 heterocycles. The summed E-state index contributed by atoms with van der Waals surface area (Å²) < 4.78 is 2.24. The van der Waals surface area contributed by atoms with Gasteiger partial charge in [0.15, 0.2) is 0 Å². The molecule has 2 N–H and O–H groups in total. The predicted octanol–water partition coefficient (Wildman–Crippen LogP) is 2.93. The Labute approximate surface area is 112 Å². The fraction of sp³-hybridized carbons (Fsp3) is 0.312. The molecule has 1 aliphatic carbocycles. The molecule has 1 aromatic carbocycles. The summed E-state index contributed by atoms with van der Waals surface area (Å²) in [6, 6.07) is 9.29. The summed E-state index contributed by atoms with van der Waals surface area (Å²) in [6.07, 6.45) is 6.06. The Morgan fingerprint density at radius 3 is 2.74 bits per heavy atom. The number of fused-ring (bicyclic) bond motifs is 3. The number of hydrogen-bond acceptors (Lipinski definition) is 2. The zero-order chi connectivity index (χ0) is 13.0. The van der Waals surface area contributed by atoms with Crippen molar-refractivity contribution in [1.82, 2.24) is 9.55 Å². The number of benzene rings is 1. The van der Waals surface area contributed by atoms with E-state index in [0.29, 0.717) is 12.0 Å². The molecule has 96 valence electrons. The molecule has 0 aliphatic heterocycles. The first-order valence-electron chi connectivity index (χ1n) is 6.81. The second-order valence-corrected chi connectivity index (χ2v) is 5.66. The van der Waals surface area contributed by atoms with Gasteiger partial charge in [-0.15, -0.1) is 0 Å². The van der Waals surface area contributed by atoms with E-state index >= 15 is 0 Å². The number of aromatic nitrogens is 2. The summed E-state index contributed by atoms with van der Waals surface area (Å²) in [5.74, 6) is 0.645. The van der Waals surface area contributed by atoms with E-state index in [1.165, 1.54) is 27.4 Å². The van der Waals surface area contributed by atoms with Crippen molar-refractivity contribution in [1.29, 1.82) is 0 Å². The third-order valence-electron chi connectivity index (χ3n) is 4.48. The SMILES string of the molecule is Cn1c2ccncc2c2cc(C3CC(N)C3)ccc21. The van der Waals surface area contributed by atoms with Crippen molar-refractivity contribution in [2.24, 2.45) is 12.8 Å². The van der Waals surface area contributed by atoms with E-state index in [0.717, 1.165) is 12.8 Å². The number of aryl methyl sites for hydroxylation is 1. The van der Waals surface area contributed by atoms with Gasteiger partial charge in [-0.3, -0.25) is 4.98 Å². The Kier molecular flexibility index (Phi) is 2.21. The highest BCUT2D eigenvalue weighted by Crippen LogP contribution is 2.38. The molecule has 0 unspecified atom stereocenters. The normalized spacial score (nSPS) is 22.8. The topological polar surface area (TPSA) is 43.8 Å². The van der Waals surface area contributed by atoms with E-state index in [9.17, 15) is 0 Å². The van der Waals surface area contributed by atoms with Gasteiger partial charge < -0.3 is 10.3 Å². The maximum absolute atomic E-state index is 5.90. The zero-order valence-electron chi connectivity index (χ0n) is 11.0. The van der Waals surface area contributed by atoms with Crippen LogP contribution in [0, 0.1) is 0 Å². The molecule has 3 heteroatoms. The smallest absolute Gasteiger partial charge is 0.0519 e. The van der Waals surface area contributed by atoms with Crippen LogP contribution in [0.4, 0.5) is 0 Å². The highest BCUT2D eigenvalue weighted by Gasteiger charge is 2.27. The van der Waals surface area contributed by atoms with Crippen LogP contribution < -0.4 is 5.73 Å². The number of nitrogens with zero attached hydrogens (tertiary/aromatic N) is 2. The summed E-state index contributed by atoms with van der Waals surface area (Å²) in [5.41, 5.74) is 9.84. The highest BCUT2D eigenvalue weighted by atomic mass is 14.9. The average molecular weight is 251 g/mol. The largest absolute Gasteiger partial charge is 0.344 e. The van der Waals surface area contributed by atoms with Gasteiger partial charge in [0.2, 0.25) is 0 Å². The van der Waals surface area contributed by atoms with Crippen LogP contribution in [0.1, 0.15) is 24.3 Å². The quantitative estimate of drug-likeness (QED) is 0.722. The van der Waals surface area contributed by atoms with Gasteiger partial charge in [0.1, 0.15) is 0 Å². The minimum Gasteiger partial charge on any atom is -0.344 e. The fourth-order valence-electron chi connectivity index (χ4n) is 3.27. The molecule has 1 saturated carbocycles. The lowest BCUT2D eigenvalue weighted by Gasteiger charge is -2.32. The lowest BCUT2D eigenvalue weighted by Crippen LogP contribution is -2.34. The first-order valence-corrected chi connectivity index (χ1v) is 6.81. The molecule has 3 aromatic rings. The van der Waals surface area contributed by atoms with Crippen molar-refractivity contribution < 1.29 is 0 Å². The van der Waals surface area contributed by atoms with Crippen LogP contribution in [0.15, 0.2) is 36.7 Å². The van der Waals surface area contributed by atoms with E-state index in [4.69, 9.17) is 5.73 Å². The Morgan fingerprint density at radius 2 is 1.95 bits per heavy atom. The van der Waals surface area contributed by atoms with Crippen molar-refractivity contribution in [2.45, 2.75) is 24.8 Å². The minimum absolute atomic E-state index is 0.398. The molecule has 0 radical (unpaired) electrons. The first-order chi connectivity index (χ1) is 9.24. The van der Waals surface area contributed by atoms with Crippen LogP contribution in [-0.2, 0) is 7.05 Å². The van der Waals surface area contributed by atoms with E-state index in [2.05, 4.69) is 40.9 Å². The number of rotatable bonds is 1. The van der Waals surface area contributed by atoms with Crippen LogP contribution >= 0.6 is 0 Å². The van der Waals surface area contributed by atoms with E-state index in [-0.39, 0.29) is 0 Å². The second kappa shape index (κ2) is 3.81. The average Bonchev–Trinajstić information content (AvgIpc) is 2.69. The summed E-state index contributed by atoms with van der Waals surface area (Å²) in [4.78, 5) is 4.26. The third kappa shape index (κ3) is 1.51. The van der Waals surface area contributed by atoms with E-state index < -0.39 is 0 Å². The minimum atomic E-state index is 0.398. The first kappa shape index (κ1) is 11.0. The van der Waals surface area contributed by atoms with Gasteiger partial charge in [0, 0.05) is 41.8 Å². The molecule has 0 spiro atoms. The summed E-state index contributed by atoms with van der Waals surface area (Å²) in [7, 11) is 2.11. The predicted molar refractivity (Wildman–Crippen MR) is 78.2 cm³/mol. The van der Waals surface area contributed by atoms with E-state index in [1.54, 1.807) is 0 Å². The monoisotopic (exact) mass is 251 g/mol. The molecule has 1 fully saturated rings. The lowest BCUT2D eigenvalue weighted by atomic mass is 9.76. The van der Waals surface area contributed by atoms with Gasteiger partial charge in [0.05, 0.1) is 5.52 Å². The van der Waals surface area contributed by atoms with Gasteiger partial charge in [-0.1, -0.05) is 6.07 Å². The van der Waals surface area contributed by atoms with Crippen LogP contribution in [0.5, 0.6) is 0 Å². The maximum Gasteiger partial charge on any atom is 0.0519 e. The number of pyridine rings is 1. The fourth-order valence-corrected chi connectivity index (χ4v) is 3.27. The molecular formula is C16H17N3. The van der Waals surface area contributed by atoms with E-state index in [1.807, 2.05) is 12.4 Å². The van der Waals surface area contributed by atoms with Crippen molar-refractivity contribution in [3.8, 4) is 0 Å². The second-order valence-electron chi connectivity index (χ2n) is 5.66. The molecule has 1 aliphatic rings. The number of hydrogen-bond donors (Lipinski definition) is 1. The summed E-state index contributed by atoms with van der Waals surface area (Å²) >= 11 is 0. The Bertz CT molecular complexity index is 766. The van der Waals surface area contributed by atoms with Gasteiger partial charge >= 0.3 is 0 Å².